The van der Waals surface area contributed by atoms with Crippen LogP contribution in [0.25, 0.3) is 43.8 Å². The Morgan fingerprint density at radius 2 is 0.727 bits per heavy atom. The van der Waals surface area contributed by atoms with E-state index in [1.165, 1.54) is 11.1 Å². The molecule has 318 valence electrons. The fourth-order valence-electron chi connectivity index (χ4n) is 10.4. The van der Waals surface area contributed by atoms with Crippen molar-refractivity contribution in [3.8, 4) is 45.9 Å². The highest BCUT2D eigenvalue weighted by Crippen LogP contribution is 2.55. The van der Waals surface area contributed by atoms with Gasteiger partial charge in [-0.25, -0.2) is 0 Å². The van der Waals surface area contributed by atoms with Gasteiger partial charge in [0.2, 0.25) is 0 Å². The van der Waals surface area contributed by atoms with Crippen molar-refractivity contribution in [2.24, 2.45) is 0 Å². The molecule has 0 saturated carbocycles. The van der Waals surface area contributed by atoms with E-state index in [0.29, 0.717) is 0 Å². The van der Waals surface area contributed by atoms with Crippen LogP contribution in [0.2, 0.25) is 0 Å². The highest BCUT2D eigenvalue weighted by atomic mass is 16.3. The number of fused-ring (bicyclic) bond motifs is 8. The molecule has 0 bridgehead atoms. The van der Waals surface area contributed by atoms with Gasteiger partial charge in [-0.3, -0.25) is 0 Å². The summed E-state index contributed by atoms with van der Waals surface area (Å²) < 4.78 is 0. The van der Waals surface area contributed by atoms with Gasteiger partial charge in [0, 0.05) is 44.5 Å². The maximum Gasteiger partial charge on any atom is 0.142 e. The van der Waals surface area contributed by atoms with Crippen LogP contribution in [0.15, 0.2) is 182 Å². The monoisotopic (exact) mass is 850 g/mol. The lowest BCUT2D eigenvalue weighted by molar-refractivity contribution is 0.130. The Kier molecular flexibility index (Phi) is 9.41. The fraction of sp³-hybridized carbons (Fsp3) is 0.156. The lowest BCUT2D eigenvalue weighted by atomic mass is 9.79. The second kappa shape index (κ2) is 15.1. The molecule has 0 aromatic heterocycles. The van der Waals surface area contributed by atoms with Crippen molar-refractivity contribution < 1.29 is 10.2 Å². The zero-order chi connectivity index (χ0) is 45.6. The van der Waals surface area contributed by atoms with E-state index < -0.39 is 11.2 Å². The highest BCUT2D eigenvalue weighted by molar-refractivity contribution is 6.01. The molecule has 2 nitrogen and oxygen atoms in total. The molecule has 0 aliphatic heterocycles. The molecule has 0 amide bonds. The minimum Gasteiger partial charge on any atom is -0.376 e. The summed E-state index contributed by atoms with van der Waals surface area (Å²) in [6, 6.07) is 62.3. The van der Waals surface area contributed by atoms with E-state index in [2.05, 4.69) is 126 Å². The minimum atomic E-state index is -1.40. The third-order valence-corrected chi connectivity index (χ3v) is 13.9. The summed E-state index contributed by atoms with van der Waals surface area (Å²) in [6.45, 7) is 13.4. The standard InChI is InChI=1S/C64H50O2/c1-61(2,3)47-33-31-43-37-55-49-21-13-15-23-57(49)63(65,45-17-9-7-10-18-45)59(55)51(53(43)39-47)35-29-41-25-27-42(28-26-41)30-36-52-54-40-48(62(4,5)6)34-32-44(54)38-56-50-22-14-16-24-58(50)64(66,60(52)56)46-19-11-8-12-20-46/h7-28,31-34,37-40,65-66H,1-6H3. The van der Waals surface area contributed by atoms with Crippen LogP contribution in [0.3, 0.4) is 0 Å². The molecule has 0 spiro atoms. The summed E-state index contributed by atoms with van der Waals surface area (Å²) in [5.74, 6) is 14.4. The average molecular weight is 851 g/mol. The van der Waals surface area contributed by atoms with Crippen molar-refractivity contribution in [2.75, 3.05) is 0 Å². The number of hydrogen-bond acceptors (Lipinski definition) is 2. The molecule has 9 aromatic carbocycles. The molecular weight excluding hydrogens is 801 g/mol. The van der Waals surface area contributed by atoms with E-state index in [-0.39, 0.29) is 10.8 Å². The van der Waals surface area contributed by atoms with Gasteiger partial charge in [0.1, 0.15) is 11.2 Å². The normalized spacial score (nSPS) is 17.0. The SMILES string of the molecule is CC(C)(C)c1ccc2cc3c(c(C#Cc4ccc(C#Cc5c6c(cc7ccc(C(C)(C)C)cc57)-c5ccccc5C6(O)c5ccccc5)cc4)c2c1)C(O)(c1ccccc1)c1ccccc1-3. The molecule has 2 atom stereocenters. The first-order valence-electron chi connectivity index (χ1n) is 22.9. The van der Waals surface area contributed by atoms with E-state index >= 15 is 0 Å². The third-order valence-electron chi connectivity index (χ3n) is 13.9. The Hall–Kier alpha value is -7.46. The molecule has 2 N–H and O–H groups in total. The van der Waals surface area contributed by atoms with E-state index in [4.69, 9.17) is 0 Å². The van der Waals surface area contributed by atoms with Gasteiger partial charge in [0.05, 0.1) is 0 Å². The summed E-state index contributed by atoms with van der Waals surface area (Å²) in [6.07, 6.45) is 0. The van der Waals surface area contributed by atoms with Crippen LogP contribution in [0.4, 0.5) is 0 Å². The van der Waals surface area contributed by atoms with Crippen molar-refractivity contribution in [3.63, 3.8) is 0 Å². The van der Waals surface area contributed by atoms with Gasteiger partial charge in [0.25, 0.3) is 0 Å². The van der Waals surface area contributed by atoms with Gasteiger partial charge in [-0.1, -0.05) is 199 Å². The molecule has 2 unspecified atom stereocenters. The molecule has 11 rings (SSSR count). The first kappa shape index (κ1) is 41.3. The lowest BCUT2D eigenvalue weighted by Gasteiger charge is -2.28. The fourth-order valence-corrected chi connectivity index (χ4v) is 10.4. The third kappa shape index (κ3) is 6.44. The van der Waals surface area contributed by atoms with E-state index in [1.807, 2.05) is 121 Å². The van der Waals surface area contributed by atoms with Crippen molar-refractivity contribution in [1.29, 1.82) is 0 Å². The maximum atomic E-state index is 13.2. The van der Waals surface area contributed by atoms with Crippen LogP contribution in [-0.4, -0.2) is 10.2 Å². The van der Waals surface area contributed by atoms with E-state index in [9.17, 15) is 10.2 Å². The topological polar surface area (TPSA) is 40.5 Å². The zero-order valence-electron chi connectivity index (χ0n) is 38.2. The summed E-state index contributed by atoms with van der Waals surface area (Å²) in [5, 5.41) is 30.5. The highest BCUT2D eigenvalue weighted by Gasteiger charge is 2.46. The Balaban J connectivity index is 1.07. The molecule has 9 aromatic rings. The van der Waals surface area contributed by atoms with Crippen molar-refractivity contribution in [3.05, 3.63) is 249 Å². The van der Waals surface area contributed by atoms with Gasteiger partial charge in [-0.2, -0.15) is 0 Å². The number of benzene rings is 9. The molecule has 0 saturated heterocycles. The van der Waals surface area contributed by atoms with Crippen LogP contribution in [0.1, 0.15) is 108 Å². The summed E-state index contributed by atoms with van der Waals surface area (Å²) in [7, 11) is 0. The van der Waals surface area contributed by atoms with Crippen molar-refractivity contribution >= 4 is 21.5 Å². The second-order valence-electron chi connectivity index (χ2n) is 20.0. The Morgan fingerprint density at radius 3 is 1.11 bits per heavy atom. The van der Waals surface area contributed by atoms with Crippen LogP contribution in [0, 0.1) is 23.7 Å². The van der Waals surface area contributed by atoms with E-state index in [1.54, 1.807) is 0 Å². The number of aliphatic hydroxyl groups is 2. The van der Waals surface area contributed by atoms with E-state index in [0.717, 1.165) is 99.4 Å². The molecule has 2 aliphatic rings. The van der Waals surface area contributed by atoms with Crippen LogP contribution in [0.5, 0.6) is 0 Å². The van der Waals surface area contributed by atoms with Gasteiger partial charge in [-0.15, -0.1) is 0 Å². The molecule has 0 heterocycles. The van der Waals surface area contributed by atoms with Gasteiger partial charge in [0.15, 0.2) is 0 Å². The van der Waals surface area contributed by atoms with Crippen LogP contribution in [-0.2, 0) is 22.0 Å². The lowest BCUT2D eigenvalue weighted by Crippen LogP contribution is -2.27. The summed E-state index contributed by atoms with van der Waals surface area (Å²) >= 11 is 0. The van der Waals surface area contributed by atoms with Gasteiger partial charge < -0.3 is 10.2 Å². The summed E-state index contributed by atoms with van der Waals surface area (Å²) in [5.41, 5.74) is 11.8. The number of hydrogen-bond donors (Lipinski definition) is 2. The average Bonchev–Trinajstić information content (AvgIpc) is 3.74. The number of rotatable bonds is 2. The van der Waals surface area contributed by atoms with Crippen molar-refractivity contribution in [1.82, 2.24) is 0 Å². The predicted octanol–water partition coefficient (Wildman–Crippen LogP) is 13.9. The Bertz CT molecular complexity index is 3320. The maximum absolute atomic E-state index is 13.2. The van der Waals surface area contributed by atoms with Crippen LogP contribution >= 0.6 is 0 Å². The molecule has 2 aliphatic carbocycles. The minimum absolute atomic E-state index is 0.0847. The molecular formula is C64H50O2. The largest absolute Gasteiger partial charge is 0.376 e. The molecule has 66 heavy (non-hydrogen) atoms. The Labute approximate surface area is 388 Å². The smallest absolute Gasteiger partial charge is 0.142 e. The molecule has 2 heteroatoms. The quantitative estimate of drug-likeness (QED) is 0.170. The second-order valence-corrected chi connectivity index (χ2v) is 20.0. The first-order valence-corrected chi connectivity index (χ1v) is 22.9. The molecule has 0 fully saturated rings. The Morgan fingerprint density at radius 1 is 0.364 bits per heavy atom. The molecule has 0 radical (unpaired) electrons. The van der Waals surface area contributed by atoms with Gasteiger partial charge >= 0.3 is 0 Å². The first-order chi connectivity index (χ1) is 31.7. The summed E-state index contributed by atoms with van der Waals surface area (Å²) in [4.78, 5) is 0. The van der Waals surface area contributed by atoms with Crippen molar-refractivity contribution in [2.45, 2.75) is 63.6 Å². The van der Waals surface area contributed by atoms with Gasteiger partial charge in [-0.05, 0) is 125 Å². The van der Waals surface area contributed by atoms with Crippen LogP contribution < -0.4 is 0 Å². The zero-order valence-corrected chi connectivity index (χ0v) is 38.2. The predicted molar refractivity (Wildman–Crippen MR) is 272 cm³/mol.